The van der Waals surface area contributed by atoms with Crippen molar-refractivity contribution in [1.82, 2.24) is 14.8 Å². The van der Waals surface area contributed by atoms with E-state index in [1.807, 2.05) is 0 Å². The zero-order valence-electron chi connectivity index (χ0n) is 17.1. The minimum Gasteiger partial charge on any atom is -0.454 e. The van der Waals surface area contributed by atoms with Crippen LogP contribution in [0.5, 0.6) is 11.5 Å². The SMILES string of the molecule is O=C(/C=C/c1cc(Cl)c2c(c1)OCO2)Nc1cc(-c2nnc3n2CCCCC3)ccc1F. The van der Waals surface area contributed by atoms with E-state index < -0.39 is 11.7 Å². The van der Waals surface area contributed by atoms with Crippen LogP contribution in [0.2, 0.25) is 5.02 Å². The van der Waals surface area contributed by atoms with Crippen molar-refractivity contribution in [3.8, 4) is 22.9 Å². The third-order valence-electron chi connectivity index (χ3n) is 5.47. The van der Waals surface area contributed by atoms with E-state index in [9.17, 15) is 9.18 Å². The fraction of sp³-hybridized carbons (Fsp3) is 0.261. The maximum absolute atomic E-state index is 14.4. The molecule has 1 amide bonds. The minimum absolute atomic E-state index is 0.0758. The molecule has 9 heteroatoms. The Morgan fingerprint density at radius 2 is 2.06 bits per heavy atom. The highest BCUT2D eigenvalue weighted by Gasteiger charge is 2.19. The highest BCUT2D eigenvalue weighted by molar-refractivity contribution is 6.32. The van der Waals surface area contributed by atoms with Crippen molar-refractivity contribution in [1.29, 1.82) is 0 Å². The third-order valence-corrected chi connectivity index (χ3v) is 5.75. The summed E-state index contributed by atoms with van der Waals surface area (Å²) in [6.07, 6.45) is 7.05. The highest BCUT2D eigenvalue weighted by Crippen LogP contribution is 2.40. The molecule has 164 valence electrons. The number of nitrogens with one attached hydrogen (secondary N) is 1. The molecule has 2 aliphatic heterocycles. The number of benzene rings is 2. The number of carbonyl (C=O) groups is 1. The minimum atomic E-state index is -0.530. The molecule has 0 radical (unpaired) electrons. The third kappa shape index (κ3) is 4.05. The topological polar surface area (TPSA) is 78.3 Å². The molecule has 1 aromatic heterocycles. The van der Waals surface area contributed by atoms with E-state index in [0.29, 0.717) is 33.5 Å². The molecular weight excluding hydrogens is 435 g/mol. The molecular formula is C23H20ClFN4O3. The number of aromatic nitrogens is 3. The number of carbonyl (C=O) groups excluding carboxylic acids is 1. The predicted octanol–water partition coefficient (Wildman–Crippen LogP) is 4.84. The first kappa shape index (κ1) is 20.5. The van der Waals surface area contributed by atoms with Crippen molar-refractivity contribution >= 4 is 29.3 Å². The van der Waals surface area contributed by atoms with E-state index in [1.165, 1.54) is 12.1 Å². The summed E-state index contributed by atoms with van der Waals surface area (Å²) < 4.78 is 27.1. The summed E-state index contributed by atoms with van der Waals surface area (Å²) in [6.45, 7) is 0.936. The highest BCUT2D eigenvalue weighted by atomic mass is 35.5. The van der Waals surface area contributed by atoms with Gasteiger partial charge in [0.15, 0.2) is 17.3 Å². The lowest BCUT2D eigenvalue weighted by Crippen LogP contribution is -2.10. The van der Waals surface area contributed by atoms with Crippen molar-refractivity contribution < 1.29 is 18.7 Å². The first-order chi connectivity index (χ1) is 15.6. The van der Waals surface area contributed by atoms with Gasteiger partial charge in [0.2, 0.25) is 12.7 Å². The molecule has 0 spiro atoms. The van der Waals surface area contributed by atoms with Crippen molar-refractivity contribution in [2.45, 2.75) is 32.2 Å². The average Bonchev–Trinajstić information content (AvgIpc) is 3.35. The molecule has 0 aliphatic carbocycles. The maximum Gasteiger partial charge on any atom is 0.248 e. The molecule has 0 saturated carbocycles. The Hall–Kier alpha value is -3.39. The Morgan fingerprint density at radius 3 is 2.97 bits per heavy atom. The second kappa shape index (κ2) is 8.63. The molecule has 7 nitrogen and oxygen atoms in total. The molecule has 0 saturated heterocycles. The van der Waals surface area contributed by atoms with Gasteiger partial charge in [-0.15, -0.1) is 10.2 Å². The van der Waals surface area contributed by atoms with E-state index in [2.05, 4.69) is 20.1 Å². The Labute approximate surface area is 188 Å². The van der Waals surface area contributed by atoms with Crippen molar-refractivity contribution in [3.05, 3.63) is 58.6 Å². The lowest BCUT2D eigenvalue weighted by Gasteiger charge is -2.09. The number of aryl methyl sites for hydroxylation is 1. The van der Waals surface area contributed by atoms with Crippen LogP contribution in [0.25, 0.3) is 17.5 Å². The Balaban J connectivity index is 1.35. The number of rotatable bonds is 4. The summed E-state index contributed by atoms with van der Waals surface area (Å²) in [7, 11) is 0. The summed E-state index contributed by atoms with van der Waals surface area (Å²) in [5, 5.41) is 11.6. The normalized spacial score (nSPS) is 14.9. The van der Waals surface area contributed by atoms with Gasteiger partial charge in [-0.1, -0.05) is 18.0 Å². The van der Waals surface area contributed by atoms with Crippen LogP contribution in [0.1, 0.15) is 30.7 Å². The van der Waals surface area contributed by atoms with E-state index in [-0.39, 0.29) is 12.5 Å². The van der Waals surface area contributed by atoms with Crippen molar-refractivity contribution in [3.63, 3.8) is 0 Å². The Kier molecular flexibility index (Phi) is 5.53. The fourth-order valence-electron chi connectivity index (χ4n) is 3.89. The first-order valence-electron chi connectivity index (χ1n) is 10.4. The van der Waals surface area contributed by atoms with Gasteiger partial charge in [-0.05, 0) is 54.8 Å². The predicted molar refractivity (Wildman–Crippen MR) is 118 cm³/mol. The summed E-state index contributed by atoms with van der Waals surface area (Å²) >= 11 is 6.17. The van der Waals surface area contributed by atoms with Gasteiger partial charge >= 0.3 is 0 Å². The van der Waals surface area contributed by atoms with Crippen LogP contribution in [-0.2, 0) is 17.8 Å². The van der Waals surface area contributed by atoms with E-state index in [4.69, 9.17) is 21.1 Å². The number of fused-ring (bicyclic) bond motifs is 2. The van der Waals surface area contributed by atoms with Gasteiger partial charge in [0.05, 0.1) is 10.7 Å². The number of ether oxygens (including phenoxy) is 2. The lowest BCUT2D eigenvalue weighted by molar-refractivity contribution is -0.111. The van der Waals surface area contributed by atoms with E-state index >= 15 is 0 Å². The quantitative estimate of drug-likeness (QED) is 0.570. The summed E-state index contributed by atoms with van der Waals surface area (Å²) in [4.78, 5) is 12.4. The standard InChI is InChI=1S/C23H20ClFN4O3/c24-16-10-14(11-19-22(16)32-13-31-19)5-8-21(30)26-18-12-15(6-7-17(18)25)23-28-27-20-4-2-1-3-9-29(20)23/h5-8,10-12H,1-4,9,13H2,(H,26,30)/b8-5+. The number of amides is 1. The van der Waals surface area contributed by atoms with Crippen LogP contribution >= 0.6 is 11.6 Å². The zero-order chi connectivity index (χ0) is 22.1. The van der Waals surface area contributed by atoms with Crippen LogP contribution in [-0.4, -0.2) is 27.5 Å². The number of anilines is 1. The monoisotopic (exact) mass is 454 g/mol. The Bertz CT molecular complexity index is 1220. The molecule has 0 bridgehead atoms. The largest absolute Gasteiger partial charge is 0.454 e. The van der Waals surface area contributed by atoms with Gasteiger partial charge in [0.25, 0.3) is 0 Å². The molecule has 3 aromatic rings. The van der Waals surface area contributed by atoms with Gasteiger partial charge in [-0.2, -0.15) is 0 Å². The smallest absolute Gasteiger partial charge is 0.248 e. The van der Waals surface area contributed by atoms with Crippen LogP contribution in [0.4, 0.5) is 10.1 Å². The molecule has 32 heavy (non-hydrogen) atoms. The molecule has 2 aromatic carbocycles. The number of hydrogen-bond donors (Lipinski definition) is 1. The van der Waals surface area contributed by atoms with Gasteiger partial charge in [-0.25, -0.2) is 4.39 Å². The fourth-order valence-corrected chi connectivity index (χ4v) is 4.16. The van der Waals surface area contributed by atoms with E-state index in [0.717, 1.165) is 38.1 Å². The van der Waals surface area contributed by atoms with Gasteiger partial charge in [0.1, 0.15) is 11.6 Å². The second-order valence-electron chi connectivity index (χ2n) is 7.66. The average molecular weight is 455 g/mol. The van der Waals surface area contributed by atoms with Crippen LogP contribution < -0.4 is 14.8 Å². The summed E-state index contributed by atoms with van der Waals surface area (Å²) in [5.41, 5.74) is 1.44. The second-order valence-corrected chi connectivity index (χ2v) is 8.06. The van der Waals surface area contributed by atoms with Crippen molar-refractivity contribution in [2.75, 3.05) is 12.1 Å². The van der Waals surface area contributed by atoms with Gasteiger partial charge < -0.3 is 19.4 Å². The maximum atomic E-state index is 14.4. The zero-order valence-corrected chi connectivity index (χ0v) is 17.9. The number of nitrogens with zero attached hydrogens (tertiary/aromatic N) is 3. The van der Waals surface area contributed by atoms with E-state index in [1.54, 1.807) is 30.3 Å². The molecule has 5 rings (SSSR count). The van der Waals surface area contributed by atoms with Crippen molar-refractivity contribution in [2.24, 2.45) is 0 Å². The van der Waals surface area contributed by atoms with Crippen LogP contribution in [0, 0.1) is 5.82 Å². The molecule has 2 aliphatic rings. The number of halogens is 2. The molecule has 1 N–H and O–H groups in total. The van der Waals surface area contributed by atoms with Crippen LogP contribution in [0.15, 0.2) is 36.4 Å². The summed E-state index contributed by atoms with van der Waals surface area (Å²) in [6, 6.07) is 7.94. The number of hydrogen-bond acceptors (Lipinski definition) is 5. The molecule has 0 unspecified atom stereocenters. The van der Waals surface area contributed by atoms with Gasteiger partial charge in [0, 0.05) is 24.6 Å². The van der Waals surface area contributed by atoms with Crippen LogP contribution in [0.3, 0.4) is 0 Å². The van der Waals surface area contributed by atoms with Gasteiger partial charge in [-0.3, -0.25) is 4.79 Å². The first-order valence-corrected chi connectivity index (χ1v) is 10.8. The Morgan fingerprint density at radius 1 is 1.16 bits per heavy atom. The summed E-state index contributed by atoms with van der Waals surface area (Å²) in [5.74, 6) is 1.62. The lowest BCUT2D eigenvalue weighted by atomic mass is 10.1. The molecule has 0 fully saturated rings. The molecule has 0 atom stereocenters. The molecule has 3 heterocycles.